The van der Waals surface area contributed by atoms with Crippen molar-refractivity contribution in [2.45, 2.75) is 61.6 Å². The van der Waals surface area contributed by atoms with Gasteiger partial charge in [0.2, 0.25) is 0 Å². The molecule has 0 heterocycles. The number of nitrogen functional groups attached to an aromatic ring is 1. The van der Waals surface area contributed by atoms with Crippen LogP contribution in [0.1, 0.15) is 20.7 Å². The molecule has 376 valence electrons. The Morgan fingerprint density at radius 2 is 0.638 bits per heavy atom. The molecule has 0 bridgehead atoms. The van der Waals surface area contributed by atoms with Gasteiger partial charge in [0.1, 0.15) is 9.79 Å². The molecule has 6 rings (SSSR count). The molecule has 0 saturated heterocycles. The van der Waals surface area contributed by atoms with Gasteiger partial charge in [0.15, 0.2) is 0 Å². The van der Waals surface area contributed by atoms with Gasteiger partial charge >= 0.3 is 0 Å². The number of carbonyl (C=O) groups excluding carboxylic acids is 2. The zero-order valence-electron chi connectivity index (χ0n) is 33.0. The lowest BCUT2D eigenvalue weighted by atomic mass is 9.97. The van der Waals surface area contributed by atoms with Gasteiger partial charge in [-0.3, -0.25) is 36.9 Å². The first-order valence-electron chi connectivity index (χ1n) is 17.7. The SMILES string of the molecule is ClC1C(Cl)C(Cl)C(Cl)C(Cl)C1Cl.Nc1cc(C(=O)Nc2cc(S(=O)(=O)O)cc3cc(S(=O)(=O)O)cc(S(=O)(=O)O)c23)cc(C(=O)Nc2cc(S(=O)(=O)O)cc3cc(S(=O)(=O)O)cc(S(=O)(=O)O)c23)c1. The van der Waals surface area contributed by atoms with Crippen molar-refractivity contribution < 1.29 is 87.4 Å². The molecule has 2 amide bonds. The Morgan fingerprint density at radius 3 is 0.870 bits per heavy atom. The Balaban J connectivity index is 0.000000644. The second-order valence-corrected chi connectivity index (χ2v) is 25.7. The summed E-state index contributed by atoms with van der Waals surface area (Å²) >= 11 is 35.3. The number of hydrogen-bond acceptors (Lipinski definition) is 15. The van der Waals surface area contributed by atoms with Crippen molar-refractivity contribution in [1.29, 1.82) is 0 Å². The third kappa shape index (κ3) is 12.8. The summed E-state index contributed by atoms with van der Waals surface area (Å²) < 4.78 is 203. The fraction of sp³-hybridized carbons (Fsp3) is 0.176. The molecule has 0 aliphatic heterocycles. The first-order chi connectivity index (χ1) is 31.2. The third-order valence-electron chi connectivity index (χ3n) is 9.47. The van der Waals surface area contributed by atoms with E-state index in [1.165, 1.54) is 0 Å². The Labute approximate surface area is 420 Å². The Bertz CT molecular complexity index is 3410. The maximum Gasteiger partial charge on any atom is 0.295 e. The van der Waals surface area contributed by atoms with Crippen LogP contribution in [0.25, 0.3) is 21.5 Å². The average Bonchev–Trinajstić information content (AvgIpc) is 3.21. The van der Waals surface area contributed by atoms with Gasteiger partial charge in [-0.2, -0.15) is 50.5 Å². The molecule has 23 nitrogen and oxygen atoms in total. The minimum Gasteiger partial charge on any atom is -0.399 e. The van der Waals surface area contributed by atoms with E-state index in [-0.39, 0.29) is 12.1 Å². The number of halogens is 6. The van der Waals surface area contributed by atoms with Crippen molar-refractivity contribution in [1.82, 2.24) is 0 Å². The van der Waals surface area contributed by atoms with Crippen LogP contribution in [-0.4, -0.2) is 122 Å². The summed E-state index contributed by atoms with van der Waals surface area (Å²) in [4.78, 5) is 20.1. The molecule has 1 fully saturated rings. The molecule has 35 heteroatoms. The van der Waals surface area contributed by atoms with Crippen LogP contribution < -0.4 is 16.4 Å². The highest BCUT2D eigenvalue weighted by Crippen LogP contribution is 2.41. The van der Waals surface area contributed by atoms with Crippen LogP contribution in [0.4, 0.5) is 17.1 Å². The van der Waals surface area contributed by atoms with E-state index in [0.717, 1.165) is 18.2 Å². The number of rotatable bonds is 10. The largest absolute Gasteiger partial charge is 0.399 e. The molecule has 1 aliphatic rings. The monoisotopic (exact) mass is 1200 g/mol. The van der Waals surface area contributed by atoms with Crippen molar-refractivity contribution in [3.8, 4) is 0 Å². The molecular formula is C34H27Cl6N3O20S6. The lowest BCUT2D eigenvalue weighted by Crippen LogP contribution is -2.52. The molecule has 10 N–H and O–H groups in total. The third-order valence-corrected chi connectivity index (χ3v) is 18.6. The topological polar surface area (TPSA) is 410 Å². The number of carbonyl (C=O) groups is 2. The molecule has 0 spiro atoms. The molecule has 69 heavy (non-hydrogen) atoms. The summed E-state index contributed by atoms with van der Waals surface area (Å²) in [5.74, 6) is -2.70. The number of anilines is 3. The van der Waals surface area contributed by atoms with Crippen LogP contribution in [0.3, 0.4) is 0 Å². The lowest BCUT2D eigenvalue weighted by Gasteiger charge is -2.37. The Morgan fingerprint density at radius 1 is 0.391 bits per heavy atom. The second kappa shape index (κ2) is 19.9. The highest BCUT2D eigenvalue weighted by Gasteiger charge is 2.47. The molecule has 0 aromatic heterocycles. The maximum absolute atomic E-state index is 13.6. The number of amides is 2. The summed E-state index contributed by atoms with van der Waals surface area (Å²) in [5.41, 5.74) is 2.60. The normalized spacial score (nSPS) is 20.5. The van der Waals surface area contributed by atoms with Crippen molar-refractivity contribution in [3.05, 3.63) is 77.9 Å². The van der Waals surface area contributed by atoms with Gasteiger partial charge in [0.25, 0.3) is 72.5 Å². The van der Waals surface area contributed by atoms with Crippen LogP contribution in [-0.2, 0) is 60.7 Å². The zero-order valence-corrected chi connectivity index (χ0v) is 42.4. The molecule has 1 aliphatic carbocycles. The van der Waals surface area contributed by atoms with Gasteiger partial charge in [0.05, 0.1) is 63.2 Å². The smallest absolute Gasteiger partial charge is 0.295 e. The second-order valence-electron chi connectivity index (χ2n) is 14.2. The quantitative estimate of drug-likeness (QED) is 0.0492. The van der Waals surface area contributed by atoms with E-state index in [2.05, 4.69) is 10.6 Å². The van der Waals surface area contributed by atoms with Gasteiger partial charge in [-0.15, -0.1) is 69.6 Å². The van der Waals surface area contributed by atoms with Crippen LogP contribution in [0.15, 0.2) is 96.1 Å². The van der Waals surface area contributed by atoms with E-state index in [1.807, 2.05) is 0 Å². The van der Waals surface area contributed by atoms with E-state index < -0.39 is 184 Å². The van der Waals surface area contributed by atoms with Crippen molar-refractivity contribution in [3.63, 3.8) is 0 Å². The summed E-state index contributed by atoms with van der Waals surface area (Å²) in [6, 6.07) is 6.17. The number of alkyl halides is 6. The lowest BCUT2D eigenvalue weighted by molar-refractivity contribution is 0.102. The number of hydrogen-bond donors (Lipinski definition) is 9. The maximum atomic E-state index is 13.6. The van der Waals surface area contributed by atoms with E-state index in [9.17, 15) is 87.4 Å². The first kappa shape index (κ1) is 56.5. The molecule has 5 aromatic rings. The predicted octanol–water partition coefficient (Wildman–Crippen LogP) is 5.20. The van der Waals surface area contributed by atoms with E-state index in [1.54, 1.807) is 0 Å². The van der Waals surface area contributed by atoms with E-state index >= 15 is 0 Å². The number of nitrogens with one attached hydrogen (secondary N) is 2. The summed E-state index contributed by atoms with van der Waals surface area (Å²) in [7, 11) is -31.8. The van der Waals surface area contributed by atoms with E-state index in [4.69, 9.17) is 75.3 Å². The van der Waals surface area contributed by atoms with Gasteiger partial charge < -0.3 is 16.4 Å². The molecule has 5 aromatic carbocycles. The Kier molecular flexibility index (Phi) is 16.3. The summed E-state index contributed by atoms with van der Waals surface area (Å²) in [6.07, 6.45) is 0. The summed E-state index contributed by atoms with van der Waals surface area (Å²) in [5, 5.41) is -1.38. The minimum atomic E-state index is -5.45. The van der Waals surface area contributed by atoms with Gasteiger partial charge in [-0.25, -0.2) is 0 Å². The number of fused-ring (bicyclic) bond motifs is 2. The van der Waals surface area contributed by atoms with Crippen LogP contribution in [0.2, 0.25) is 0 Å². The Hall–Kier alpha value is -3.44. The van der Waals surface area contributed by atoms with Crippen LogP contribution in [0, 0.1) is 0 Å². The van der Waals surface area contributed by atoms with Crippen LogP contribution >= 0.6 is 69.6 Å². The van der Waals surface area contributed by atoms with E-state index in [0.29, 0.717) is 36.4 Å². The van der Waals surface area contributed by atoms with Crippen molar-refractivity contribution in [2.75, 3.05) is 16.4 Å². The van der Waals surface area contributed by atoms with Gasteiger partial charge in [-0.1, -0.05) is 0 Å². The standard InChI is InChI=1S/C28H21N3O20S6.C6H6Cl6/c29-16-2-14(27(32)30-21-8-17(52(34,35)36)4-12-6-19(54(40,41)42)10-23(25(12)21)56(46,47)48)1-15(3-16)28(33)31-22-9-18(53(37,38)39)5-13-7-20(55(43,44)45)11-24(26(13)22)57(49,50)51;7-1-2(8)4(10)6(12)5(11)3(1)9/h1-11H,29H2,(H,30,32)(H,31,33)(H,34,35,36)(H,37,38,39)(H,40,41,42)(H,43,44,45)(H,46,47,48)(H,49,50,51);1-6H. The molecule has 0 atom stereocenters. The molecular weight excluding hydrogens is 1180 g/mol. The number of benzene rings is 5. The number of nitrogens with two attached hydrogens (primary N) is 1. The molecule has 0 radical (unpaired) electrons. The molecule has 1 saturated carbocycles. The summed E-state index contributed by atoms with van der Waals surface area (Å²) in [6.45, 7) is 0. The average molecular weight is 1200 g/mol. The highest BCUT2D eigenvalue weighted by molar-refractivity contribution is 7.87. The predicted molar refractivity (Wildman–Crippen MR) is 251 cm³/mol. The van der Waals surface area contributed by atoms with Crippen molar-refractivity contribution in [2.24, 2.45) is 0 Å². The van der Waals surface area contributed by atoms with Gasteiger partial charge in [-0.05, 0) is 77.5 Å². The minimum absolute atomic E-state index is 0.260. The fourth-order valence-electron chi connectivity index (χ4n) is 6.40. The zero-order chi connectivity index (χ0) is 52.5. The van der Waals surface area contributed by atoms with Gasteiger partial charge in [0, 0.05) is 27.6 Å². The first-order valence-corrected chi connectivity index (χ1v) is 28.9. The van der Waals surface area contributed by atoms with Crippen molar-refractivity contribution >= 4 is 181 Å². The molecule has 0 unspecified atom stereocenters. The fourth-order valence-corrected chi connectivity index (χ4v) is 12.6. The highest BCUT2D eigenvalue weighted by atomic mass is 35.5. The van der Waals surface area contributed by atoms with Crippen LogP contribution in [0.5, 0.6) is 0 Å².